The van der Waals surface area contributed by atoms with Gasteiger partial charge in [0, 0.05) is 0 Å². The molecule has 1 aromatic rings. The number of allylic oxidation sites excluding steroid dienone is 2. The number of nitrogens with zero attached hydrogens (tertiary/aromatic N) is 3. The lowest BCUT2D eigenvalue weighted by atomic mass is 9.85. The molecule has 1 N–H and O–H groups in total. The number of fused-ring (bicyclic) bond motifs is 5. The number of likely N-dealkylation sites (tertiary alicyclic amines) is 1. The van der Waals surface area contributed by atoms with Gasteiger partial charge in [-0.3, -0.25) is 24.6 Å². The maximum atomic E-state index is 12.4. The molecule has 2 heterocycles. The first-order chi connectivity index (χ1) is 10.1. The van der Waals surface area contributed by atoms with E-state index in [1.165, 1.54) is 16.8 Å². The van der Waals surface area contributed by atoms with Crippen molar-refractivity contribution in [2.45, 2.75) is 6.42 Å². The lowest BCUT2D eigenvalue weighted by Crippen LogP contribution is -2.39. The van der Waals surface area contributed by atoms with E-state index in [1.54, 1.807) is 0 Å². The normalized spacial score (nSPS) is 32.9. The Morgan fingerprint density at radius 3 is 2.52 bits per heavy atom. The van der Waals surface area contributed by atoms with Crippen LogP contribution in [0, 0.1) is 23.7 Å². The van der Waals surface area contributed by atoms with Gasteiger partial charge in [-0.15, -0.1) is 10.2 Å². The average molecular weight is 304 g/mol. The topological polar surface area (TPSA) is 92.3 Å². The third-order valence-corrected chi connectivity index (χ3v) is 5.08. The van der Waals surface area contributed by atoms with Crippen LogP contribution in [0.2, 0.25) is 0 Å². The molecule has 108 valence electrons. The zero-order valence-corrected chi connectivity index (χ0v) is 11.7. The SMILES string of the molecule is O=C(CN1C(=O)[C@@H]2[C@H](C1=O)[C@H]1C=C[C@H]2C1)Nc1nncs1. The third kappa shape index (κ3) is 1.82. The minimum Gasteiger partial charge on any atom is -0.299 e. The van der Waals surface area contributed by atoms with Gasteiger partial charge in [0.1, 0.15) is 12.1 Å². The standard InChI is InChI=1S/C13H12N4O3S/c18-8(15-13-16-14-5-21-13)4-17-11(19)9-6-1-2-7(3-6)10(9)12(17)20/h1-2,5-7,9-10H,3-4H2,(H,15,16,18)/t6-,7-,9-,10+/m0/s1. The monoisotopic (exact) mass is 304 g/mol. The molecular weight excluding hydrogens is 292 g/mol. The van der Waals surface area contributed by atoms with Crippen molar-refractivity contribution in [1.82, 2.24) is 15.1 Å². The van der Waals surface area contributed by atoms with Crippen molar-refractivity contribution in [3.05, 3.63) is 17.7 Å². The fraction of sp³-hybridized carbons (Fsp3) is 0.462. The first-order valence-corrected chi connectivity index (χ1v) is 7.62. The Hall–Kier alpha value is -2.09. The molecule has 3 aliphatic rings. The minimum atomic E-state index is -0.422. The molecule has 0 radical (unpaired) electrons. The van der Waals surface area contributed by atoms with E-state index in [2.05, 4.69) is 15.5 Å². The summed E-state index contributed by atoms with van der Waals surface area (Å²) in [4.78, 5) is 37.8. The Bertz CT molecular complexity index is 626. The molecule has 1 saturated carbocycles. The molecule has 0 spiro atoms. The number of anilines is 1. The maximum absolute atomic E-state index is 12.4. The molecule has 2 aliphatic carbocycles. The summed E-state index contributed by atoms with van der Waals surface area (Å²) in [6.45, 7) is -0.246. The number of rotatable bonds is 3. The predicted molar refractivity (Wildman–Crippen MR) is 73.0 cm³/mol. The molecule has 0 unspecified atom stereocenters. The van der Waals surface area contributed by atoms with Gasteiger partial charge in [-0.2, -0.15) is 0 Å². The van der Waals surface area contributed by atoms with Crippen molar-refractivity contribution in [3.8, 4) is 0 Å². The zero-order valence-electron chi connectivity index (χ0n) is 10.9. The second kappa shape index (κ2) is 4.45. The quantitative estimate of drug-likeness (QED) is 0.640. The number of hydrogen-bond donors (Lipinski definition) is 1. The number of carbonyl (C=O) groups excluding carboxylic acids is 3. The largest absolute Gasteiger partial charge is 0.299 e. The lowest BCUT2D eigenvalue weighted by molar-refractivity contribution is -0.143. The van der Waals surface area contributed by atoms with E-state index in [0.717, 1.165) is 11.3 Å². The van der Waals surface area contributed by atoms with Crippen molar-refractivity contribution >= 4 is 34.2 Å². The molecule has 1 saturated heterocycles. The van der Waals surface area contributed by atoms with E-state index >= 15 is 0 Å². The van der Waals surface area contributed by atoms with E-state index in [0.29, 0.717) is 5.13 Å². The van der Waals surface area contributed by atoms with Gasteiger partial charge in [-0.05, 0) is 18.3 Å². The molecule has 7 nitrogen and oxygen atoms in total. The van der Waals surface area contributed by atoms with Crippen LogP contribution in [0.3, 0.4) is 0 Å². The number of imide groups is 1. The van der Waals surface area contributed by atoms with Crippen LogP contribution in [0.15, 0.2) is 17.7 Å². The van der Waals surface area contributed by atoms with Crippen molar-refractivity contribution in [2.24, 2.45) is 23.7 Å². The first-order valence-electron chi connectivity index (χ1n) is 6.74. The van der Waals surface area contributed by atoms with Crippen LogP contribution >= 0.6 is 11.3 Å². The fourth-order valence-electron chi connectivity index (χ4n) is 3.65. The average Bonchev–Trinajstić information content (AvgIpc) is 3.20. The number of amides is 3. The van der Waals surface area contributed by atoms with Crippen molar-refractivity contribution < 1.29 is 14.4 Å². The summed E-state index contributed by atoms with van der Waals surface area (Å²) in [5.41, 5.74) is 1.50. The first kappa shape index (κ1) is 12.6. The number of nitrogens with one attached hydrogen (secondary N) is 1. The maximum Gasteiger partial charge on any atom is 0.246 e. The second-order valence-electron chi connectivity index (χ2n) is 5.55. The molecule has 4 atom stereocenters. The van der Waals surface area contributed by atoms with Crippen LogP contribution in [0.5, 0.6) is 0 Å². The van der Waals surface area contributed by atoms with E-state index in [-0.39, 0.29) is 42.0 Å². The van der Waals surface area contributed by atoms with Gasteiger partial charge in [-0.25, -0.2) is 0 Å². The molecule has 1 aromatic heterocycles. The minimum absolute atomic E-state index is 0.160. The Morgan fingerprint density at radius 2 is 1.95 bits per heavy atom. The van der Waals surface area contributed by atoms with Gasteiger partial charge >= 0.3 is 0 Å². The molecule has 21 heavy (non-hydrogen) atoms. The molecule has 2 fully saturated rings. The van der Waals surface area contributed by atoms with Crippen LogP contribution in [-0.2, 0) is 14.4 Å². The number of hydrogen-bond acceptors (Lipinski definition) is 6. The van der Waals surface area contributed by atoms with Crippen molar-refractivity contribution in [3.63, 3.8) is 0 Å². The summed E-state index contributed by atoms with van der Waals surface area (Å²) in [7, 11) is 0. The molecule has 2 bridgehead atoms. The number of aromatic nitrogens is 2. The third-order valence-electron chi connectivity index (χ3n) is 4.47. The highest BCUT2D eigenvalue weighted by Crippen LogP contribution is 2.52. The highest BCUT2D eigenvalue weighted by molar-refractivity contribution is 7.13. The van der Waals surface area contributed by atoms with Crippen LogP contribution in [0.1, 0.15) is 6.42 Å². The predicted octanol–water partition coefficient (Wildman–Crippen LogP) is 0.284. The van der Waals surface area contributed by atoms with Crippen LogP contribution < -0.4 is 5.32 Å². The van der Waals surface area contributed by atoms with Crippen LogP contribution in [0.4, 0.5) is 5.13 Å². The van der Waals surface area contributed by atoms with E-state index < -0.39 is 5.91 Å². The Balaban J connectivity index is 1.48. The van der Waals surface area contributed by atoms with Gasteiger partial charge in [0.2, 0.25) is 22.9 Å². The van der Waals surface area contributed by atoms with E-state index in [9.17, 15) is 14.4 Å². The van der Waals surface area contributed by atoms with E-state index in [4.69, 9.17) is 0 Å². The van der Waals surface area contributed by atoms with Gasteiger partial charge in [0.05, 0.1) is 11.8 Å². The van der Waals surface area contributed by atoms with E-state index in [1.807, 2.05) is 12.2 Å². The lowest BCUT2D eigenvalue weighted by Gasteiger charge is -2.16. The molecule has 8 heteroatoms. The summed E-state index contributed by atoms with van der Waals surface area (Å²) in [5.74, 6) is -1.05. The van der Waals surface area contributed by atoms with Crippen molar-refractivity contribution in [1.29, 1.82) is 0 Å². The Morgan fingerprint density at radius 1 is 1.29 bits per heavy atom. The molecule has 0 aromatic carbocycles. The highest BCUT2D eigenvalue weighted by Gasteiger charge is 2.59. The Labute approximate surface area is 124 Å². The van der Waals surface area contributed by atoms with Gasteiger partial charge in [-0.1, -0.05) is 23.5 Å². The summed E-state index contributed by atoms with van der Waals surface area (Å²) >= 11 is 1.19. The molecule has 1 aliphatic heterocycles. The van der Waals surface area contributed by atoms with Crippen LogP contribution in [0.25, 0.3) is 0 Å². The van der Waals surface area contributed by atoms with Crippen LogP contribution in [-0.4, -0.2) is 39.4 Å². The summed E-state index contributed by atoms with van der Waals surface area (Å²) < 4.78 is 0. The summed E-state index contributed by atoms with van der Waals surface area (Å²) in [5, 5.41) is 10.2. The molecule has 3 amide bonds. The fourth-order valence-corrected chi connectivity index (χ4v) is 4.11. The Kier molecular flexibility index (Phi) is 2.68. The summed E-state index contributed by atoms with van der Waals surface area (Å²) in [6.07, 6.45) is 4.95. The van der Waals surface area contributed by atoms with Crippen molar-refractivity contribution in [2.75, 3.05) is 11.9 Å². The second-order valence-corrected chi connectivity index (χ2v) is 6.39. The smallest absolute Gasteiger partial charge is 0.246 e. The van der Waals surface area contributed by atoms with Gasteiger partial charge in [0.25, 0.3) is 0 Å². The zero-order chi connectivity index (χ0) is 14.6. The van der Waals surface area contributed by atoms with Gasteiger partial charge in [0.15, 0.2) is 0 Å². The summed E-state index contributed by atoms with van der Waals surface area (Å²) in [6, 6.07) is 0. The molecular formula is C13H12N4O3S. The van der Waals surface area contributed by atoms with Gasteiger partial charge < -0.3 is 0 Å². The molecule has 4 rings (SSSR count). The number of carbonyl (C=O) groups is 3. The highest BCUT2D eigenvalue weighted by atomic mass is 32.1.